The van der Waals surface area contributed by atoms with E-state index in [1.807, 2.05) is 0 Å². The van der Waals surface area contributed by atoms with E-state index >= 15 is 0 Å². The van der Waals surface area contributed by atoms with Crippen LogP contribution in [-0.4, -0.2) is 6.18 Å². The molecule has 2 N–H and O–H groups in total. The molecule has 0 amide bonds. The third-order valence-electron chi connectivity index (χ3n) is 2.82. The van der Waals surface area contributed by atoms with E-state index in [2.05, 4.69) is 0 Å². The Morgan fingerprint density at radius 3 is 1.82 bits per heavy atom. The molecule has 126 valence electrons. The highest BCUT2D eigenvalue weighted by molar-refractivity contribution is 5.37. The van der Waals surface area contributed by atoms with Gasteiger partial charge in [-0.05, 0) is 24.1 Å². The third kappa shape index (κ3) is 5.08. The molecule has 0 saturated heterocycles. The minimum absolute atomic E-state index is 0.150. The smallest absolute Gasteiger partial charge is 0.324 e. The summed E-state index contributed by atoms with van der Waals surface area (Å²) in [5, 5.41) is 0. The second-order valence-corrected chi connectivity index (χ2v) is 4.56. The van der Waals surface area contributed by atoms with Crippen molar-refractivity contribution in [2.45, 2.75) is 37.4 Å². The summed E-state index contributed by atoms with van der Waals surface area (Å²) in [4.78, 5) is 0. The molecule has 0 saturated carbocycles. The van der Waals surface area contributed by atoms with Crippen molar-refractivity contribution in [2.24, 2.45) is 5.73 Å². The summed E-state index contributed by atoms with van der Waals surface area (Å²) < 4.78 is 112. The van der Waals surface area contributed by atoms with E-state index in [1.165, 1.54) is 0 Å². The molecular weight excluding hydrogens is 329 g/mol. The van der Waals surface area contributed by atoms with E-state index in [9.17, 15) is 39.5 Å². The van der Waals surface area contributed by atoms with Crippen molar-refractivity contribution in [3.8, 4) is 0 Å². The molecule has 1 rings (SSSR count). The highest BCUT2D eigenvalue weighted by Crippen LogP contribution is 2.40. The Morgan fingerprint density at radius 1 is 0.864 bits per heavy atom. The first-order chi connectivity index (χ1) is 9.72. The molecule has 0 unspecified atom stereocenters. The van der Waals surface area contributed by atoms with Gasteiger partial charge in [0.2, 0.25) is 0 Å². The average molecular weight is 339 g/mol. The van der Waals surface area contributed by atoms with Crippen LogP contribution in [0.2, 0.25) is 0 Å². The third-order valence-corrected chi connectivity index (χ3v) is 2.82. The van der Waals surface area contributed by atoms with Crippen molar-refractivity contribution < 1.29 is 39.5 Å². The lowest BCUT2D eigenvalue weighted by Gasteiger charge is -2.20. The molecule has 1 aromatic carbocycles. The zero-order valence-corrected chi connectivity index (χ0v) is 10.7. The Kier molecular flexibility index (Phi) is 5.05. The summed E-state index contributed by atoms with van der Waals surface area (Å²) in [6, 6.07) is -1.01. The fourth-order valence-electron chi connectivity index (χ4n) is 1.78. The molecule has 1 atom stereocenters. The van der Waals surface area contributed by atoms with Gasteiger partial charge in [-0.3, -0.25) is 0 Å². The Hall–Kier alpha value is -1.45. The molecule has 0 aliphatic carbocycles. The Labute approximate surface area is 118 Å². The Morgan fingerprint density at radius 2 is 1.41 bits per heavy atom. The van der Waals surface area contributed by atoms with Crippen LogP contribution in [0.4, 0.5) is 39.5 Å². The van der Waals surface area contributed by atoms with Crippen LogP contribution in [0.5, 0.6) is 0 Å². The van der Waals surface area contributed by atoms with Crippen LogP contribution >= 0.6 is 0 Å². The summed E-state index contributed by atoms with van der Waals surface area (Å²) in [6.07, 6.45) is -17.1. The molecule has 0 heterocycles. The maximum absolute atomic E-state index is 12.8. The number of hydrogen-bond acceptors (Lipinski definition) is 1. The second-order valence-electron chi connectivity index (χ2n) is 4.56. The van der Waals surface area contributed by atoms with Crippen molar-refractivity contribution >= 4 is 0 Å². The maximum Gasteiger partial charge on any atom is 0.416 e. The van der Waals surface area contributed by atoms with Crippen molar-refractivity contribution in [3.05, 3.63) is 34.9 Å². The molecule has 0 aliphatic heterocycles. The number of nitrogens with two attached hydrogens (primary N) is 1. The normalized spacial score (nSPS) is 15.0. The van der Waals surface area contributed by atoms with Gasteiger partial charge in [-0.15, -0.1) is 0 Å². The molecular formula is C12H10F9N. The monoisotopic (exact) mass is 339 g/mol. The molecule has 0 aromatic heterocycles. The summed E-state index contributed by atoms with van der Waals surface area (Å²) in [5.74, 6) is 0. The number of hydrogen-bond donors (Lipinski definition) is 1. The van der Waals surface area contributed by atoms with E-state index in [-0.39, 0.29) is 6.07 Å². The van der Waals surface area contributed by atoms with Gasteiger partial charge in [0.05, 0.1) is 11.1 Å². The van der Waals surface area contributed by atoms with Gasteiger partial charge in [0.15, 0.2) is 0 Å². The van der Waals surface area contributed by atoms with Crippen molar-refractivity contribution in [2.75, 3.05) is 0 Å². The van der Waals surface area contributed by atoms with Crippen LogP contribution in [0.1, 0.15) is 35.6 Å². The van der Waals surface area contributed by atoms with Gasteiger partial charge in [-0.25, -0.2) is 0 Å². The standard InChI is InChI=1S/C12H10F9N/c13-10(14,15)4-3-9(22)7-2-1-6(11(16,17)18)5-8(7)12(19,20)21/h1-2,5,9H,3-4,22H2/t9-/m1/s1. The lowest BCUT2D eigenvalue weighted by Crippen LogP contribution is -2.21. The fourth-order valence-corrected chi connectivity index (χ4v) is 1.78. The van der Waals surface area contributed by atoms with Crippen molar-refractivity contribution in [3.63, 3.8) is 0 Å². The predicted molar refractivity (Wildman–Crippen MR) is 58.7 cm³/mol. The molecule has 22 heavy (non-hydrogen) atoms. The predicted octanol–water partition coefficient (Wildman–Crippen LogP) is 5.07. The topological polar surface area (TPSA) is 26.0 Å². The van der Waals surface area contributed by atoms with E-state index in [1.54, 1.807) is 0 Å². The molecule has 1 aromatic rings. The van der Waals surface area contributed by atoms with Gasteiger partial charge in [0.25, 0.3) is 0 Å². The number of benzene rings is 1. The number of rotatable bonds is 3. The first kappa shape index (κ1) is 18.6. The van der Waals surface area contributed by atoms with Crippen LogP contribution in [0.3, 0.4) is 0 Å². The molecule has 1 nitrogen and oxygen atoms in total. The molecule has 0 spiro atoms. The maximum atomic E-state index is 12.8. The molecule has 0 radical (unpaired) electrons. The Balaban J connectivity index is 3.19. The zero-order chi connectivity index (χ0) is 17.3. The molecule has 0 aliphatic rings. The molecule has 10 heteroatoms. The van der Waals surface area contributed by atoms with Crippen LogP contribution < -0.4 is 5.73 Å². The summed E-state index contributed by atoms with van der Waals surface area (Å²) >= 11 is 0. The van der Waals surface area contributed by atoms with E-state index in [4.69, 9.17) is 5.73 Å². The first-order valence-electron chi connectivity index (χ1n) is 5.82. The summed E-state index contributed by atoms with van der Waals surface area (Å²) in [6.45, 7) is 0. The minimum atomic E-state index is -5.16. The van der Waals surface area contributed by atoms with E-state index < -0.39 is 54.1 Å². The molecule has 0 bridgehead atoms. The van der Waals surface area contributed by atoms with Gasteiger partial charge in [-0.2, -0.15) is 39.5 Å². The second kappa shape index (κ2) is 5.98. The summed E-state index contributed by atoms with van der Waals surface area (Å²) in [5.41, 5.74) is 1.24. The lowest BCUT2D eigenvalue weighted by atomic mass is 9.95. The Bertz CT molecular complexity index is 513. The highest BCUT2D eigenvalue weighted by Gasteiger charge is 2.39. The minimum Gasteiger partial charge on any atom is -0.324 e. The zero-order valence-electron chi connectivity index (χ0n) is 10.7. The van der Waals surface area contributed by atoms with Gasteiger partial charge in [0.1, 0.15) is 0 Å². The summed E-state index contributed by atoms with van der Waals surface area (Å²) in [7, 11) is 0. The number of halogens is 9. The van der Waals surface area contributed by atoms with Crippen molar-refractivity contribution in [1.29, 1.82) is 0 Å². The fraction of sp³-hybridized carbons (Fsp3) is 0.500. The van der Waals surface area contributed by atoms with Crippen molar-refractivity contribution in [1.82, 2.24) is 0 Å². The first-order valence-corrected chi connectivity index (χ1v) is 5.82. The van der Waals surface area contributed by atoms with E-state index in [0.717, 1.165) is 0 Å². The average Bonchev–Trinajstić information content (AvgIpc) is 2.32. The van der Waals surface area contributed by atoms with Gasteiger partial charge < -0.3 is 5.73 Å². The van der Waals surface area contributed by atoms with Gasteiger partial charge in [0, 0.05) is 12.5 Å². The van der Waals surface area contributed by atoms with Crippen LogP contribution in [0, 0.1) is 0 Å². The quantitative estimate of drug-likeness (QED) is 0.765. The lowest BCUT2D eigenvalue weighted by molar-refractivity contribution is -0.143. The number of alkyl halides is 9. The van der Waals surface area contributed by atoms with E-state index in [0.29, 0.717) is 12.1 Å². The van der Waals surface area contributed by atoms with Gasteiger partial charge >= 0.3 is 18.5 Å². The molecule has 0 fully saturated rings. The van der Waals surface area contributed by atoms with Gasteiger partial charge in [-0.1, -0.05) is 6.07 Å². The van der Waals surface area contributed by atoms with Crippen LogP contribution in [0.25, 0.3) is 0 Å². The van der Waals surface area contributed by atoms with Crippen LogP contribution in [0.15, 0.2) is 18.2 Å². The SMILES string of the molecule is N[C@H](CCC(F)(F)F)c1ccc(C(F)(F)F)cc1C(F)(F)F. The van der Waals surface area contributed by atoms with Crippen LogP contribution in [-0.2, 0) is 12.4 Å². The largest absolute Gasteiger partial charge is 0.416 e. The highest BCUT2D eigenvalue weighted by atomic mass is 19.4.